The van der Waals surface area contributed by atoms with Crippen LogP contribution in [0.15, 0.2) is 54.6 Å². The molecule has 0 N–H and O–H groups in total. The highest BCUT2D eigenvalue weighted by Crippen LogP contribution is 2.38. The van der Waals surface area contributed by atoms with Gasteiger partial charge in [0.2, 0.25) is 0 Å². The monoisotopic (exact) mass is 397 g/mol. The highest BCUT2D eigenvalue weighted by atomic mass is 16.5. The fraction of sp³-hybridized carbons (Fsp3) is 0.269. The van der Waals surface area contributed by atoms with Crippen LogP contribution in [0, 0.1) is 0 Å². The van der Waals surface area contributed by atoms with Crippen molar-refractivity contribution < 1.29 is 14.3 Å². The van der Waals surface area contributed by atoms with Gasteiger partial charge in [0.25, 0.3) is 0 Å². The number of allylic oxidation sites excluding steroid dienone is 1. The third kappa shape index (κ3) is 3.43. The van der Waals surface area contributed by atoms with Crippen LogP contribution < -0.4 is 0 Å². The van der Waals surface area contributed by atoms with E-state index in [1.165, 1.54) is 0 Å². The molecule has 0 amide bonds. The Balaban J connectivity index is 1.59. The Morgan fingerprint density at radius 1 is 0.967 bits per heavy atom. The number of fused-ring (bicyclic) bond motifs is 2. The maximum absolute atomic E-state index is 13.3. The molecule has 1 fully saturated rings. The number of nitrogens with zero attached hydrogens (tertiary/aromatic N) is 1. The summed E-state index contributed by atoms with van der Waals surface area (Å²) in [4.78, 5) is 30.4. The van der Waals surface area contributed by atoms with Crippen molar-refractivity contribution in [2.24, 2.45) is 0 Å². The van der Waals surface area contributed by atoms with Gasteiger partial charge >= 0.3 is 5.97 Å². The lowest BCUT2D eigenvalue weighted by atomic mass is 9.96. The summed E-state index contributed by atoms with van der Waals surface area (Å²) in [7, 11) is 0. The summed E-state index contributed by atoms with van der Waals surface area (Å²) in [5, 5.41) is 0.797. The van der Waals surface area contributed by atoms with Crippen molar-refractivity contribution in [3.05, 3.63) is 77.0 Å². The van der Waals surface area contributed by atoms with Gasteiger partial charge in [-0.05, 0) is 60.9 Å². The van der Waals surface area contributed by atoms with E-state index in [-0.39, 0.29) is 5.78 Å². The van der Waals surface area contributed by atoms with E-state index in [1.807, 2.05) is 42.5 Å². The van der Waals surface area contributed by atoms with Gasteiger partial charge in [0.1, 0.15) is 0 Å². The van der Waals surface area contributed by atoms with Crippen molar-refractivity contribution >= 4 is 34.3 Å². The molecule has 0 unspecified atom stereocenters. The number of Topliss-reactive ketones (excluding diaryl/α,β-unsaturated/α-hetero) is 1. The first kappa shape index (κ1) is 18.7. The van der Waals surface area contributed by atoms with Crippen LogP contribution in [-0.2, 0) is 16.0 Å². The second-order valence-corrected chi connectivity index (χ2v) is 8.02. The van der Waals surface area contributed by atoms with E-state index < -0.39 is 12.1 Å². The fourth-order valence-electron chi connectivity index (χ4n) is 4.53. The van der Waals surface area contributed by atoms with E-state index in [9.17, 15) is 9.59 Å². The topological polar surface area (TPSA) is 56.3 Å². The van der Waals surface area contributed by atoms with Crippen molar-refractivity contribution in [1.29, 1.82) is 0 Å². The minimum absolute atomic E-state index is 0.0364. The van der Waals surface area contributed by atoms with Gasteiger partial charge < -0.3 is 4.74 Å². The highest BCUT2D eigenvalue weighted by Gasteiger charge is 2.31. The number of esters is 1. The smallest absolute Gasteiger partial charge is 0.339 e. The van der Waals surface area contributed by atoms with Crippen molar-refractivity contribution in [2.75, 3.05) is 0 Å². The van der Waals surface area contributed by atoms with Crippen LogP contribution in [0.5, 0.6) is 0 Å². The Morgan fingerprint density at radius 2 is 1.77 bits per heavy atom. The fourth-order valence-corrected chi connectivity index (χ4v) is 4.53. The first-order chi connectivity index (χ1) is 14.7. The summed E-state index contributed by atoms with van der Waals surface area (Å²) in [6.45, 7) is 0. The Morgan fingerprint density at radius 3 is 2.60 bits per heavy atom. The molecule has 0 aliphatic heterocycles. The Labute approximate surface area is 175 Å². The first-order valence-corrected chi connectivity index (χ1v) is 10.6. The lowest BCUT2D eigenvalue weighted by Gasteiger charge is -2.21. The third-order valence-electron chi connectivity index (χ3n) is 6.03. The van der Waals surface area contributed by atoms with Gasteiger partial charge in [-0.1, -0.05) is 48.5 Å². The Kier molecular flexibility index (Phi) is 4.91. The molecule has 0 saturated heterocycles. The largest absolute Gasteiger partial charge is 0.451 e. The number of pyridine rings is 1. The quantitative estimate of drug-likeness (QED) is 0.556. The van der Waals surface area contributed by atoms with Crippen LogP contribution in [0.1, 0.15) is 59.3 Å². The van der Waals surface area contributed by atoms with Gasteiger partial charge in [0.05, 0.1) is 16.8 Å². The molecular weight excluding hydrogens is 374 g/mol. The average molecular weight is 397 g/mol. The summed E-state index contributed by atoms with van der Waals surface area (Å²) in [6, 6.07) is 17.8. The van der Waals surface area contributed by atoms with Gasteiger partial charge in [0, 0.05) is 11.8 Å². The number of carbonyl (C=O) groups is 2. The average Bonchev–Trinajstić information content (AvgIpc) is 3.16. The molecule has 0 radical (unpaired) electrons. The molecule has 0 spiro atoms. The van der Waals surface area contributed by atoms with Gasteiger partial charge in [0.15, 0.2) is 11.9 Å². The molecule has 150 valence electrons. The van der Waals surface area contributed by atoms with Crippen molar-refractivity contribution in [2.45, 2.75) is 44.6 Å². The summed E-state index contributed by atoms with van der Waals surface area (Å²) in [5.74, 6) is -0.361. The maximum atomic E-state index is 13.3. The number of para-hydroxylation sites is 1. The number of ether oxygens (including phenoxy) is 1. The molecule has 2 aliphatic rings. The lowest BCUT2D eigenvalue weighted by Crippen LogP contribution is -2.30. The molecule has 1 atom stereocenters. The van der Waals surface area contributed by atoms with E-state index in [2.05, 4.69) is 18.2 Å². The number of rotatable bonds is 3. The lowest BCUT2D eigenvalue weighted by molar-refractivity contribution is -0.129. The standard InChI is InChI=1S/C26H23NO3/c28-22-12-6-7-13-23(22)30-26(29)24-19-10-4-5-11-21(19)27-25-18(14-15-20(24)25)16-17-8-2-1-3-9-17/h1-5,8-11,16,23H,6-7,12-15H2/b18-16+/t23-/m0/s1. The highest BCUT2D eigenvalue weighted by molar-refractivity contribution is 6.07. The number of ketones is 1. The Bertz CT molecular complexity index is 1160. The molecule has 1 aromatic heterocycles. The van der Waals surface area contributed by atoms with E-state index in [4.69, 9.17) is 9.72 Å². The molecule has 4 heteroatoms. The maximum Gasteiger partial charge on any atom is 0.339 e. The second kappa shape index (κ2) is 7.86. The molecule has 1 heterocycles. The van der Waals surface area contributed by atoms with E-state index in [0.29, 0.717) is 18.4 Å². The van der Waals surface area contributed by atoms with Crippen molar-refractivity contribution in [3.63, 3.8) is 0 Å². The zero-order chi connectivity index (χ0) is 20.5. The van der Waals surface area contributed by atoms with Gasteiger partial charge in [-0.3, -0.25) is 4.79 Å². The number of aromatic nitrogens is 1. The molecule has 2 aliphatic carbocycles. The first-order valence-electron chi connectivity index (χ1n) is 10.6. The summed E-state index contributed by atoms with van der Waals surface area (Å²) in [5.41, 5.74) is 5.41. The van der Waals surface area contributed by atoms with Crippen LogP contribution in [0.4, 0.5) is 0 Å². The minimum atomic E-state index is -0.616. The molecule has 0 bridgehead atoms. The van der Waals surface area contributed by atoms with Gasteiger partial charge in [-0.15, -0.1) is 0 Å². The third-order valence-corrected chi connectivity index (χ3v) is 6.03. The zero-order valence-electron chi connectivity index (χ0n) is 16.8. The predicted octanol–water partition coefficient (Wildman–Crippen LogP) is 5.39. The molecule has 2 aromatic carbocycles. The molecule has 4 nitrogen and oxygen atoms in total. The van der Waals surface area contributed by atoms with Crippen LogP contribution >= 0.6 is 0 Å². The summed E-state index contributed by atoms with van der Waals surface area (Å²) < 4.78 is 5.74. The molecule has 5 rings (SSSR count). The van der Waals surface area contributed by atoms with Crippen molar-refractivity contribution in [1.82, 2.24) is 4.98 Å². The van der Waals surface area contributed by atoms with E-state index >= 15 is 0 Å². The zero-order valence-corrected chi connectivity index (χ0v) is 16.8. The molecule has 3 aromatic rings. The van der Waals surface area contributed by atoms with Crippen LogP contribution in [0.25, 0.3) is 22.6 Å². The molecule has 1 saturated carbocycles. The van der Waals surface area contributed by atoms with E-state index in [0.717, 1.165) is 59.0 Å². The normalized spacial score (nSPS) is 19.8. The van der Waals surface area contributed by atoms with Crippen molar-refractivity contribution in [3.8, 4) is 0 Å². The second-order valence-electron chi connectivity index (χ2n) is 8.02. The van der Waals surface area contributed by atoms with Crippen LogP contribution in [-0.4, -0.2) is 22.8 Å². The predicted molar refractivity (Wildman–Crippen MR) is 117 cm³/mol. The van der Waals surface area contributed by atoms with Gasteiger partial charge in [-0.25, -0.2) is 9.78 Å². The van der Waals surface area contributed by atoms with Crippen LogP contribution in [0.2, 0.25) is 0 Å². The summed E-state index contributed by atoms with van der Waals surface area (Å²) in [6.07, 6.45) is 6.02. The number of carbonyl (C=O) groups excluding carboxylic acids is 2. The van der Waals surface area contributed by atoms with Gasteiger partial charge in [-0.2, -0.15) is 0 Å². The molecular formula is C26H23NO3. The SMILES string of the molecule is O=C(O[C@H]1CCCCC1=O)c1c2c(nc3ccccc13)/C(=C/c1ccccc1)CC2. The number of hydrogen-bond acceptors (Lipinski definition) is 4. The summed E-state index contributed by atoms with van der Waals surface area (Å²) >= 11 is 0. The number of hydrogen-bond donors (Lipinski definition) is 0. The van der Waals surface area contributed by atoms with Crippen LogP contribution in [0.3, 0.4) is 0 Å². The minimum Gasteiger partial charge on any atom is -0.451 e. The van der Waals surface area contributed by atoms with E-state index in [1.54, 1.807) is 0 Å². The Hall–Kier alpha value is -3.27. The molecule has 30 heavy (non-hydrogen) atoms. The number of benzene rings is 2.